The van der Waals surface area contributed by atoms with Crippen molar-refractivity contribution in [2.24, 2.45) is 0 Å². The molecule has 0 atom stereocenters. The van der Waals surface area contributed by atoms with Crippen LogP contribution in [-0.2, 0) is 0 Å². The van der Waals surface area contributed by atoms with Gasteiger partial charge < -0.3 is 4.74 Å². The van der Waals surface area contributed by atoms with Crippen LogP contribution in [0.1, 0.15) is 18.4 Å². The Kier molecular flexibility index (Phi) is 5.87. The standard InChI is InChI=1S/C13H12ClF3O/c14-9-1-3-11-4-6-12(7-5-11)18-10-2-8-13(15,16)17/h4-7H,2,8-10H2. The summed E-state index contributed by atoms with van der Waals surface area (Å²) in [5.41, 5.74) is 0.790. The molecule has 0 aliphatic carbocycles. The molecule has 0 aliphatic rings. The first-order chi connectivity index (χ1) is 8.51. The maximum absolute atomic E-state index is 11.9. The quantitative estimate of drug-likeness (QED) is 0.459. The summed E-state index contributed by atoms with van der Waals surface area (Å²) in [6.45, 7) is 0.0478. The van der Waals surface area contributed by atoms with Gasteiger partial charge in [0.2, 0.25) is 0 Å². The first kappa shape index (κ1) is 14.7. The highest BCUT2D eigenvalue weighted by Gasteiger charge is 2.25. The SMILES string of the molecule is FC(F)(F)CCCOc1ccc(C#CCCl)cc1. The Morgan fingerprint density at radius 2 is 1.83 bits per heavy atom. The summed E-state index contributed by atoms with van der Waals surface area (Å²) in [6, 6.07) is 6.81. The van der Waals surface area contributed by atoms with E-state index in [4.69, 9.17) is 16.3 Å². The number of alkyl halides is 4. The average Bonchev–Trinajstić information content (AvgIpc) is 2.32. The zero-order valence-corrected chi connectivity index (χ0v) is 10.3. The zero-order valence-electron chi connectivity index (χ0n) is 9.56. The van der Waals surface area contributed by atoms with Crippen molar-refractivity contribution in [3.05, 3.63) is 29.8 Å². The lowest BCUT2D eigenvalue weighted by Gasteiger charge is -2.08. The molecular formula is C13H12ClF3O. The van der Waals surface area contributed by atoms with Crippen molar-refractivity contribution in [3.63, 3.8) is 0 Å². The molecule has 1 aromatic rings. The van der Waals surface area contributed by atoms with Gasteiger partial charge in [-0.15, -0.1) is 11.6 Å². The molecule has 0 N–H and O–H groups in total. The number of hydrogen-bond acceptors (Lipinski definition) is 1. The van der Waals surface area contributed by atoms with Gasteiger partial charge in [-0.2, -0.15) is 13.2 Å². The van der Waals surface area contributed by atoms with Crippen LogP contribution in [0.5, 0.6) is 5.75 Å². The smallest absolute Gasteiger partial charge is 0.389 e. The summed E-state index contributed by atoms with van der Waals surface area (Å²) in [5.74, 6) is 6.32. The molecule has 0 unspecified atom stereocenters. The fourth-order valence-electron chi connectivity index (χ4n) is 1.23. The molecule has 0 fully saturated rings. The number of halogens is 4. The van der Waals surface area contributed by atoms with E-state index < -0.39 is 12.6 Å². The first-order valence-corrected chi connectivity index (χ1v) is 5.89. The van der Waals surface area contributed by atoms with Crippen molar-refractivity contribution < 1.29 is 17.9 Å². The lowest BCUT2D eigenvalue weighted by Crippen LogP contribution is -2.09. The molecular weight excluding hydrogens is 265 g/mol. The molecule has 0 aliphatic heterocycles. The summed E-state index contributed by atoms with van der Waals surface area (Å²) < 4.78 is 40.8. The van der Waals surface area contributed by atoms with Crippen LogP contribution in [0.25, 0.3) is 0 Å². The summed E-state index contributed by atoms with van der Waals surface area (Å²) in [6.07, 6.45) is -4.99. The lowest BCUT2D eigenvalue weighted by atomic mass is 10.2. The van der Waals surface area contributed by atoms with Crippen LogP contribution in [0.3, 0.4) is 0 Å². The monoisotopic (exact) mass is 276 g/mol. The number of ether oxygens (including phenoxy) is 1. The largest absolute Gasteiger partial charge is 0.494 e. The van der Waals surface area contributed by atoms with E-state index in [-0.39, 0.29) is 18.9 Å². The summed E-state index contributed by atoms with van der Waals surface area (Å²) in [4.78, 5) is 0. The van der Waals surface area contributed by atoms with E-state index in [0.29, 0.717) is 5.75 Å². The van der Waals surface area contributed by atoms with Gasteiger partial charge in [-0.05, 0) is 30.7 Å². The van der Waals surface area contributed by atoms with Crippen LogP contribution in [0.4, 0.5) is 13.2 Å². The van der Waals surface area contributed by atoms with E-state index in [9.17, 15) is 13.2 Å². The predicted molar refractivity (Wildman–Crippen MR) is 64.8 cm³/mol. The van der Waals surface area contributed by atoms with Crippen molar-refractivity contribution in [3.8, 4) is 17.6 Å². The van der Waals surface area contributed by atoms with Crippen molar-refractivity contribution in [2.45, 2.75) is 19.0 Å². The van der Waals surface area contributed by atoms with Crippen LogP contribution in [0, 0.1) is 11.8 Å². The molecule has 1 rings (SSSR count). The molecule has 0 heterocycles. The lowest BCUT2D eigenvalue weighted by molar-refractivity contribution is -0.136. The number of rotatable bonds is 4. The first-order valence-electron chi connectivity index (χ1n) is 5.36. The van der Waals surface area contributed by atoms with Gasteiger partial charge in [0.15, 0.2) is 0 Å². The van der Waals surface area contributed by atoms with Crippen molar-refractivity contribution in [2.75, 3.05) is 12.5 Å². The van der Waals surface area contributed by atoms with E-state index in [2.05, 4.69) is 11.8 Å². The fourth-order valence-corrected chi connectivity index (χ4v) is 1.30. The Labute approximate surface area is 109 Å². The summed E-state index contributed by atoms with van der Waals surface area (Å²) in [5, 5.41) is 0. The van der Waals surface area contributed by atoms with Crippen molar-refractivity contribution in [1.29, 1.82) is 0 Å². The van der Waals surface area contributed by atoms with Gasteiger partial charge in [-0.3, -0.25) is 0 Å². The maximum Gasteiger partial charge on any atom is 0.389 e. The molecule has 0 amide bonds. The minimum absolute atomic E-state index is 0.0443. The van der Waals surface area contributed by atoms with Gasteiger partial charge in [-0.1, -0.05) is 11.8 Å². The van der Waals surface area contributed by atoms with Crippen LogP contribution in [-0.4, -0.2) is 18.7 Å². The molecule has 0 spiro atoms. The topological polar surface area (TPSA) is 9.23 Å². The Balaban J connectivity index is 2.35. The molecule has 0 saturated heterocycles. The summed E-state index contributed by atoms with van der Waals surface area (Å²) >= 11 is 5.41. The van der Waals surface area contributed by atoms with Gasteiger partial charge >= 0.3 is 6.18 Å². The third-order valence-electron chi connectivity index (χ3n) is 2.03. The van der Waals surface area contributed by atoms with Gasteiger partial charge in [0.1, 0.15) is 5.75 Å². The minimum atomic E-state index is -4.12. The van der Waals surface area contributed by atoms with E-state index in [1.165, 1.54) is 0 Å². The minimum Gasteiger partial charge on any atom is -0.494 e. The molecule has 5 heteroatoms. The second kappa shape index (κ2) is 7.17. The highest BCUT2D eigenvalue weighted by molar-refractivity contribution is 6.19. The normalized spacial score (nSPS) is 10.7. The Morgan fingerprint density at radius 3 is 2.39 bits per heavy atom. The van der Waals surface area contributed by atoms with Gasteiger partial charge in [0.05, 0.1) is 12.5 Å². The third kappa shape index (κ3) is 6.41. The summed E-state index contributed by atoms with van der Waals surface area (Å²) in [7, 11) is 0. The predicted octanol–water partition coefficient (Wildman–Crippen LogP) is 4.00. The van der Waals surface area contributed by atoms with Crippen LogP contribution >= 0.6 is 11.6 Å². The molecule has 1 aromatic carbocycles. The fraction of sp³-hybridized carbons (Fsp3) is 0.385. The molecule has 0 bridgehead atoms. The highest BCUT2D eigenvalue weighted by atomic mass is 35.5. The van der Waals surface area contributed by atoms with Crippen molar-refractivity contribution in [1.82, 2.24) is 0 Å². The molecule has 0 saturated carbocycles. The molecule has 0 radical (unpaired) electrons. The third-order valence-corrected chi connectivity index (χ3v) is 2.16. The Morgan fingerprint density at radius 1 is 1.17 bits per heavy atom. The molecule has 1 nitrogen and oxygen atoms in total. The zero-order chi connectivity index (χ0) is 13.4. The molecule has 98 valence electrons. The van der Waals surface area contributed by atoms with Crippen molar-refractivity contribution >= 4 is 11.6 Å². The van der Waals surface area contributed by atoms with Gasteiger partial charge in [0, 0.05) is 12.0 Å². The van der Waals surface area contributed by atoms with E-state index in [0.717, 1.165) is 5.56 Å². The van der Waals surface area contributed by atoms with Crippen LogP contribution < -0.4 is 4.74 Å². The van der Waals surface area contributed by atoms with Gasteiger partial charge in [-0.25, -0.2) is 0 Å². The second-order valence-corrected chi connectivity index (χ2v) is 3.79. The van der Waals surface area contributed by atoms with Crippen LogP contribution in [0.15, 0.2) is 24.3 Å². The second-order valence-electron chi connectivity index (χ2n) is 3.53. The Hall–Kier alpha value is -1.34. The van der Waals surface area contributed by atoms with Crippen LogP contribution in [0.2, 0.25) is 0 Å². The molecule has 0 aromatic heterocycles. The average molecular weight is 277 g/mol. The maximum atomic E-state index is 11.9. The van der Waals surface area contributed by atoms with E-state index in [1.807, 2.05) is 0 Å². The highest BCUT2D eigenvalue weighted by Crippen LogP contribution is 2.21. The Bertz CT molecular complexity index is 415. The number of benzene rings is 1. The molecule has 18 heavy (non-hydrogen) atoms. The number of hydrogen-bond donors (Lipinski definition) is 0. The van der Waals surface area contributed by atoms with Gasteiger partial charge in [0.25, 0.3) is 0 Å². The van der Waals surface area contributed by atoms with E-state index >= 15 is 0 Å². The van der Waals surface area contributed by atoms with E-state index in [1.54, 1.807) is 24.3 Å².